The van der Waals surface area contributed by atoms with Crippen molar-refractivity contribution in [2.45, 2.75) is 6.42 Å². The summed E-state index contributed by atoms with van der Waals surface area (Å²) in [5, 5.41) is 8.81. The lowest BCUT2D eigenvalue weighted by Crippen LogP contribution is -2.11. The third-order valence-corrected chi connectivity index (χ3v) is 2.77. The Morgan fingerprint density at radius 1 is 1.44 bits per heavy atom. The van der Waals surface area contributed by atoms with E-state index in [2.05, 4.69) is 9.97 Å². The predicted octanol–water partition coefficient (Wildman–Crippen LogP) is 1.21. The van der Waals surface area contributed by atoms with Crippen molar-refractivity contribution in [3.8, 4) is 17.2 Å². The van der Waals surface area contributed by atoms with Crippen LogP contribution < -0.4 is 5.56 Å². The third-order valence-electron chi connectivity index (χ3n) is 2.77. The molecule has 0 saturated carbocycles. The highest BCUT2D eigenvalue weighted by Gasteiger charge is 2.21. The zero-order chi connectivity index (χ0) is 11.1. The van der Waals surface area contributed by atoms with Gasteiger partial charge in [0, 0.05) is 29.4 Å². The third kappa shape index (κ3) is 1.09. The Balaban J connectivity index is 2.33. The number of nitriles is 1. The maximum absolute atomic E-state index is 11.5. The van der Waals surface area contributed by atoms with Gasteiger partial charge in [-0.1, -0.05) is 6.07 Å². The predicted molar refractivity (Wildman–Crippen MR) is 57.8 cm³/mol. The molecule has 1 aliphatic carbocycles. The minimum Gasteiger partial charge on any atom is -0.324 e. The van der Waals surface area contributed by atoms with E-state index >= 15 is 0 Å². The molecular formula is C12H7N3O. The molecule has 16 heavy (non-hydrogen) atoms. The first kappa shape index (κ1) is 8.86. The summed E-state index contributed by atoms with van der Waals surface area (Å²) in [7, 11) is 0. The average Bonchev–Trinajstić information content (AvgIpc) is 2.65. The molecule has 0 amide bonds. The van der Waals surface area contributed by atoms with Crippen molar-refractivity contribution in [3.63, 3.8) is 0 Å². The fourth-order valence-electron chi connectivity index (χ4n) is 2.02. The largest absolute Gasteiger partial charge is 0.324 e. The molecular weight excluding hydrogens is 202 g/mol. The van der Waals surface area contributed by atoms with Crippen LogP contribution in [0.1, 0.15) is 17.0 Å². The minimum atomic E-state index is -0.325. The minimum absolute atomic E-state index is 0.149. The van der Waals surface area contributed by atoms with E-state index < -0.39 is 0 Å². The van der Waals surface area contributed by atoms with Crippen molar-refractivity contribution in [1.82, 2.24) is 9.97 Å². The van der Waals surface area contributed by atoms with Gasteiger partial charge in [0.25, 0.3) is 5.56 Å². The van der Waals surface area contributed by atoms with Gasteiger partial charge < -0.3 is 4.98 Å². The highest BCUT2D eigenvalue weighted by molar-refractivity contribution is 5.74. The maximum atomic E-state index is 11.5. The zero-order valence-electron chi connectivity index (χ0n) is 8.32. The van der Waals surface area contributed by atoms with Gasteiger partial charge in [-0.2, -0.15) is 5.26 Å². The summed E-state index contributed by atoms with van der Waals surface area (Å²) < 4.78 is 0. The molecule has 4 heteroatoms. The summed E-state index contributed by atoms with van der Waals surface area (Å²) in [6, 6.07) is 7.34. The number of fused-ring (bicyclic) bond motifs is 3. The van der Waals surface area contributed by atoms with Crippen LogP contribution in [0, 0.1) is 11.3 Å². The summed E-state index contributed by atoms with van der Waals surface area (Å²) in [4.78, 5) is 18.5. The van der Waals surface area contributed by atoms with Crippen LogP contribution in [0.5, 0.6) is 0 Å². The van der Waals surface area contributed by atoms with Crippen molar-refractivity contribution < 1.29 is 0 Å². The van der Waals surface area contributed by atoms with Crippen molar-refractivity contribution in [2.24, 2.45) is 0 Å². The fraction of sp³-hybridized carbons (Fsp3) is 0.0833. The molecule has 3 rings (SSSR count). The van der Waals surface area contributed by atoms with E-state index in [0.29, 0.717) is 6.42 Å². The normalized spacial score (nSPS) is 11.7. The summed E-state index contributed by atoms with van der Waals surface area (Å²) in [6.07, 6.45) is 2.36. The molecule has 0 fully saturated rings. The molecule has 2 aromatic heterocycles. The first-order chi connectivity index (χ1) is 7.79. The summed E-state index contributed by atoms with van der Waals surface area (Å²) in [6.45, 7) is 0. The second-order valence-electron chi connectivity index (χ2n) is 3.69. The Labute approximate surface area is 91.2 Å². The van der Waals surface area contributed by atoms with E-state index in [1.165, 1.54) is 0 Å². The van der Waals surface area contributed by atoms with Crippen molar-refractivity contribution in [1.29, 1.82) is 5.26 Å². The maximum Gasteiger partial charge on any atom is 0.266 e. The van der Waals surface area contributed by atoms with Gasteiger partial charge in [0.15, 0.2) is 0 Å². The lowest BCUT2D eigenvalue weighted by Gasteiger charge is -1.99. The molecule has 4 nitrogen and oxygen atoms in total. The van der Waals surface area contributed by atoms with Gasteiger partial charge in [-0.15, -0.1) is 0 Å². The standard InChI is InChI=1S/C12H7N3O/c13-6-7-4-9-8-2-1-3-14-10(8)5-11(9)15-12(7)16/h1-4H,5H2,(H,15,16). The molecule has 1 N–H and O–H groups in total. The second kappa shape index (κ2) is 3.04. The van der Waals surface area contributed by atoms with Crippen LogP contribution in [0.15, 0.2) is 29.2 Å². The number of nitrogens with one attached hydrogen (secondary N) is 1. The van der Waals surface area contributed by atoms with Crippen LogP contribution in [0.4, 0.5) is 0 Å². The Hall–Kier alpha value is -2.41. The smallest absolute Gasteiger partial charge is 0.266 e. The topological polar surface area (TPSA) is 69.5 Å². The highest BCUT2D eigenvalue weighted by atomic mass is 16.1. The molecule has 0 radical (unpaired) electrons. The van der Waals surface area contributed by atoms with E-state index in [1.54, 1.807) is 12.3 Å². The number of H-pyrrole nitrogens is 1. The van der Waals surface area contributed by atoms with E-state index in [0.717, 1.165) is 22.5 Å². The summed E-state index contributed by atoms with van der Waals surface area (Å²) in [5.74, 6) is 0. The number of rotatable bonds is 0. The molecule has 76 valence electrons. The SMILES string of the molecule is N#Cc1cc2c([nH]c1=O)Cc1ncccc1-2. The highest BCUT2D eigenvalue weighted by Crippen LogP contribution is 2.33. The number of hydrogen-bond donors (Lipinski definition) is 1. The molecule has 0 aliphatic heterocycles. The van der Waals surface area contributed by atoms with Crippen LogP contribution in [0.3, 0.4) is 0 Å². The first-order valence-electron chi connectivity index (χ1n) is 4.90. The molecule has 2 heterocycles. The number of aromatic nitrogens is 2. The summed E-state index contributed by atoms with van der Waals surface area (Å²) in [5.41, 5.74) is 3.54. The van der Waals surface area contributed by atoms with Gasteiger partial charge in [0.05, 0.1) is 5.69 Å². The lowest BCUT2D eigenvalue weighted by molar-refractivity contribution is 1.04. The molecule has 0 saturated heterocycles. The molecule has 0 atom stereocenters. The van der Waals surface area contributed by atoms with Crippen molar-refractivity contribution in [3.05, 3.63) is 51.7 Å². The van der Waals surface area contributed by atoms with Crippen molar-refractivity contribution in [2.75, 3.05) is 0 Å². The van der Waals surface area contributed by atoms with Gasteiger partial charge in [-0.3, -0.25) is 9.78 Å². The van der Waals surface area contributed by atoms with E-state index in [1.807, 2.05) is 18.2 Å². The number of aromatic amines is 1. The number of pyridine rings is 2. The van der Waals surface area contributed by atoms with Gasteiger partial charge in [0.2, 0.25) is 0 Å². The monoisotopic (exact) mass is 209 g/mol. The zero-order valence-corrected chi connectivity index (χ0v) is 8.32. The fourth-order valence-corrected chi connectivity index (χ4v) is 2.02. The molecule has 0 spiro atoms. The number of nitrogens with zero attached hydrogens (tertiary/aromatic N) is 2. The molecule has 0 unspecified atom stereocenters. The van der Waals surface area contributed by atoms with Crippen LogP contribution in [0.2, 0.25) is 0 Å². The molecule has 2 aromatic rings. The Kier molecular flexibility index (Phi) is 1.68. The van der Waals surface area contributed by atoms with Gasteiger partial charge in [-0.25, -0.2) is 0 Å². The van der Waals surface area contributed by atoms with E-state index in [-0.39, 0.29) is 11.1 Å². The first-order valence-corrected chi connectivity index (χ1v) is 4.90. The van der Waals surface area contributed by atoms with Gasteiger partial charge in [0.1, 0.15) is 11.6 Å². The lowest BCUT2D eigenvalue weighted by atomic mass is 10.1. The molecule has 0 aromatic carbocycles. The van der Waals surface area contributed by atoms with E-state index in [4.69, 9.17) is 5.26 Å². The van der Waals surface area contributed by atoms with E-state index in [9.17, 15) is 4.79 Å². The Morgan fingerprint density at radius 3 is 3.12 bits per heavy atom. The molecule has 1 aliphatic rings. The quantitative estimate of drug-likeness (QED) is 0.605. The molecule has 0 bridgehead atoms. The van der Waals surface area contributed by atoms with Crippen LogP contribution in [-0.2, 0) is 6.42 Å². The Bertz CT molecular complexity index is 679. The van der Waals surface area contributed by atoms with Crippen LogP contribution >= 0.6 is 0 Å². The van der Waals surface area contributed by atoms with Crippen molar-refractivity contribution >= 4 is 0 Å². The van der Waals surface area contributed by atoms with Crippen LogP contribution in [-0.4, -0.2) is 9.97 Å². The van der Waals surface area contributed by atoms with Gasteiger partial charge in [-0.05, 0) is 12.1 Å². The Morgan fingerprint density at radius 2 is 2.31 bits per heavy atom. The number of hydrogen-bond acceptors (Lipinski definition) is 3. The van der Waals surface area contributed by atoms with Crippen LogP contribution in [0.25, 0.3) is 11.1 Å². The average molecular weight is 209 g/mol. The summed E-state index contributed by atoms with van der Waals surface area (Å²) >= 11 is 0. The van der Waals surface area contributed by atoms with Gasteiger partial charge >= 0.3 is 0 Å². The second-order valence-corrected chi connectivity index (χ2v) is 3.69.